The largest absolute Gasteiger partial charge is 0.493 e. The van der Waals surface area contributed by atoms with E-state index >= 15 is 0 Å². The number of hydrogen-bond donors (Lipinski definition) is 4. The molecule has 0 saturated heterocycles. The van der Waals surface area contributed by atoms with Gasteiger partial charge in [-0.3, -0.25) is 9.59 Å². The number of amides is 2. The molecule has 0 saturated carbocycles. The standard InChI is InChI=1S/C28H35N5O6/c1-19(2)31-16-22(34)17-39-26-10-8-24(14-21(26)15-29)37-13-3-12-30-28(36)18-38-23-6-4-20(5-7-23)25-9-11-27(35)33-32-25/h4-8,10,14,19,22,31,34H,3,9,11-13,16-18H2,1-2H3,(H,30,36)(H,33,35)/t22-/m0/s1. The highest BCUT2D eigenvalue weighted by atomic mass is 16.5. The molecule has 11 heteroatoms. The average Bonchev–Trinajstić information content (AvgIpc) is 2.94. The van der Waals surface area contributed by atoms with Crippen LogP contribution in [0.2, 0.25) is 0 Å². The van der Waals surface area contributed by atoms with Crippen molar-refractivity contribution in [1.82, 2.24) is 16.1 Å². The molecular weight excluding hydrogens is 502 g/mol. The Morgan fingerprint density at radius 3 is 2.59 bits per heavy atom. The topological polar surface area (TPSA) is 154 Å². The van der Waals surface area contributed by atoms with Gasteiger partial charge in [-0.15, -0.1) is 0 Å². The van der Waals surface area contributed by atoms with Gasteiger partial charge in [0.15, 0.2) is 6.61 Å². The smallest absolute Gasteiger partial charge is 0.257 e. The summed E-state index contributed by atoms with van der Waals surface area (Å²) in [6.45, 7) is 5.08. The molecule has 0 aromatic heterocycles. The third kappa shape index (κ3) is 10.3. The van der Waals surface area contributed by atoms with Crippen LogP contribution >= 0.6 is 0 Å². The van der Waals surface area contributed by atoms with E-state index < -0.39 is 6.10 Å². The second kappa shape index (κ2) is 15.3. The van der Waals surface area contributed by atoms with Gasteiger partial charge in [-0.25, -0.2) is 5.43 Å². The zero-order valence-corrected chi connectivity index (χ0v) is 22.2. The Hall–Kier alpha value is -4.14. The van der Waals surface area contributed by atoms with Crippen molar-refractivity contribution in [3.05, 3.63) is 53.6 Å². The van der Waals surface area contributed by atoms with Crippen LogP contribution in [0.5, 0.6) is 17.2 Å². The van der Waals surface area contributed by atoms with Gasteiger partial charge in [-0.05, 0) is 48.4 Å². The highest BCUT2D eigenvalue weighted by Gasteiger charge is 2.13. The number of nitriles is 1. The van der Waals surface area contributed by atoms with E-state index in [9.17, 15) is 20.0 Å². The first-order valence-corrected chi connectivity index (χ1v) is 12.9. The molecular formula is C28H35N5O6. The number of nitrogens with zero attached hydrogens (tertiary/aromatic N) is 2. The van der Waals surface area contributed by atoms with Crippen molar-refractivity contribution in [3.63, 3.8) is 0 Å². The third-order valence-corrected chi connectivity index (χ3v) is 5.64. The van der Waals surface area contributed by atoms with Gasteiger partial charge in [0.25, 0.3) is 5.91 Å². The van der Waals surface area contributed by atoms with E-state index in [1.165, 1.54) is 0 Å². The second-order valence-corrected chi connectivity index (χ2v) is 9.26. The Bertz CT molecular complexity index is 1180. The number of ether oxygens (including phenoxy) is 3. The summed E-state index contributed by atoms with van der Waals surface area (Å²) >= 11 is 0. The number of nitrogens with one attached hydrogen (secondary N) is 3. The van der Waals surface area contributed by atoms with Gasteiger partial charge < -0.3 is 30.0 Å². The number of aliphatic hydroxyl groups is 1. The summed E-state index contributed by atoms with van der Waals surface area (Å²) in [5.41, 5.74) is 4.48. The lowest BCUT2D eigenvalue weighted by molar-refractivity contribution is -0.123. The summed E-state index contributed by atoms with van der Waals surface area (Å²) in [6, 6.07) is 14.5. The molecule has 4 N–H and O–H groups in total. The van der Waals surface area contributed by atoms with Crippen LogP contribution < -0.4 is 30.3 Å². The van der Waals surface area contributed by atoms with Crippen LogP contribution in [0.25, 0.3) is 0 Å². The zero-order valence-electron chi connectivity index (χ0n) is 22.2. The summed E-state index contributed by atoms with van der Waals surface area (Å²) in [7, 11) is 0. The predicted octanol–water partition coefficient (Wildman–Crippen LogP) is 1.87. The number of rotatable bonds is 15. The molecule has 208 valence electrons. The molecule has 39 heavy (non-hydrogen) atoms. The molecule has 0 fully saturated rings. The molecule has 1 aliphatic heterocycles. The van der Waals surface area contributed by atoms with E-state index in [1.807, 2.05) is 26.0 Å². The third-order valence-electron chi connectivity index (χ3n) is 5.64. The van der Waals surface area contributed by atoms with Gasteiger partial charge >= 0.3 is 0 Å². The van der Waals surface area contributed by atoms with Crippen LogP contribution in [-0.2, 0) is 9.59 Å². The molecule has 1 heterocycles. The zero-order chi connectivity index (χ0) is 28.0. The number of hydrogen-bond acceptors (Lipinski definition) is 9. The maximum absolute atomic E-state index is 12.1. The van der Waals surface area contributed by atoms with Crippen LogP contribution in [0.4, 0.5) is 0 Å². The quantitative estimate of drug-likeness (QED) is 0.251. The summed E-state index contributed by atoms with van der Waals surface area (Å²) in [5.74, 6) is 1.11. The molecule has 11 nitrogen and oxygen atoms in total. The Morgan fingerprint density at radius 2 is 1.90 bits per heavy atom. The average molecular weight is 538 g/mol. The van der Waals surface area contributed by atoms with Crippen LogP contribution in [0, 0.1) is 11.3 Å². The lowest BCUT2D eigenvalue weighted by atomic mass is 10.0. The lowest BCUT2D eigenvalue weighted by Gasteiger charge is -2.16. The first kappa shape index (κ1) is 29.4. The predicted molar refractivity (Wildman–Crippen MR) is 145 cm³/mol. The van der Waals surface area contributed by atoms with Crippen LogP contribution in [0.1, 0.15) is 44.2 Å². The van der Waals surface area contributed by atoms with Gasteiger partial charge in [-0.2, -0.15) is 10.4 Å². The minimum atomic E-state index is -0.690. The Morgan fingerprint density at radius 1 is 1.13 bits per heavy atom. The SMILES string of the molecule is CC(C)NC[C@H](O)COc1ccc(OCCCNC(=O)COc2ccc(C3=NNC(=O)CC3)cc2)cc1C#N. The van der Waals surface area contributed by atoms with Gasteiger partial charge in [0.2, 0.25) is 5.91 Å². The van der Waals surface area contributed by atoms with E-state index in [0.29, 0.717) is 61.8 Å². The summed E-state index contributed by atoms with van der Waals surface area (Å²) in [6.07, 6.45) is 0.866. The Kier molecular flexibility index (Phi) is 11.6. The van der Waals surface area contributed by atoms with Gasteiger partial charge in [0, 0.05) is 38.0 Å². The van der Waals surface area contributed by atoms with Gasteiger partial charge in [0.1, 0.15) is 36.0 Å². The van der Waals surface area contributed by atoms with Crippen LogP contribution in [0.15, 0.2) is 47.6 Å². The van der Waals surface area contributed by atoms with Crippen molar-refractivity contribution in [2.24, 2.45) is 5.10 Å². The van der Waals surface area contributed by atoms with Crippen molar-refractivity contribution < 1.29 is 28.9 Å². The maximum Gasteiger partial charge on any atom is 0.257 e. The first-order chi connectivity index (χ1) is 18.8. The normalized spacial score (nSPS) is 13.6. The van der Waals surface area contributed by atoms with Crippen molar-refractivity contribution in [1.29, 1.82) is 5.26 Å². The highest BCUT2D eigenvalue weighted by molar-refractivity contribution is 6.04. The van der Waals surface area contributed by atoms with Crippen molar-refractivity contribution in [2.45, 2.75) is 45.3 Å². The molecule has 2 amide bonds. The maximum atomic E-state index is 12.1. The number of aliphatic hydroxyl groups excluding tert-OH is 1. The monoisotopic (exact) mass is 537 g/mol. The molecule has 0 bridgehead atoms. The molecule has 0 unspecified atom stereocenters. The van der Waals surface area contributed by atoms with E-state index in [-0.39, 0.29) is 31.1 Å². The molecule has 1 aliphatic rings. The second-order valence-electron chi connectivity index (χ2n) is 9.26. The molecule has 0 aliphatic carbocycles. The van der Waals surface area contributed by atoms with Crippen LogP contribution in [0.3, 0.4) is 0 Å². The van der Waals surface area contributed by atoms with Gasteiger partial charge in [0.05, 0.1) is 17.9 Å². The molecule has 2 aromatic carbocycles. The minimum Gasteiger partial charge on any atom is -0.493 e. The number of benzene rings is 2. The fourth-order valence-electron chi connectivity index (χ4n) is 3.54. The fourth-order valence-corrected chi connectivity index (χ4v) is 3.54. The van der Waals surface area contributed by atoms with E-state index in [4.69, 9.17) is 14.2 Å². The Labute approximate surface area is 228 Å². The number of hydrazone groups is 1. The lowest BCUT2D eigenvalue weighted by Crippen LogP contribution is -2.35. The van der Waals surface area contributed by atoms with Crippen molar-refractivity contribution in [2.75, 3.05) is 32.9 Å². The fraction of sp³-hybridized carbons (Fsp3) is 0.429. The van der Waals surface area contributed by atoms with E-state index in [2.05, 4.69) is 27.2 Å². The molecule has 1 atom stereocenters. The number of carbonyl (C=O) groups excluding carboxylic acids is 2. The molecule has 0 radical (unpaired) electrons. The van der Waals surface area contributed by atoms with E-state index in [1.54, 1.807) is 30.3 Å². The highest BCUT2D eigenvalue weighted by Crippen LogP contribution is 2.24. The Balaban J connectivity index is 1.32. The van der Waals surface area contributed by atoms with Crippen molar-refractivity contribution in [3.8, 4) is 23.3 Å². The minimum absolute atomic E-state index is 0.0694. The van der Waals surface area contributed by atoms with Gasteiger partial charge in [-0.1, -0.05) is 13.8 Å². The van der Waals surface area contributed by atoms with E-state index in [0.717, 1.165) is 11.3 Å². The summed E-state index contributed by atoms with van der Waals surface area (Å²) < 4.78 is 16.8. The molecule has 3 rings (SSSR count). The first-order valence-electron chi connectivity index (χ1n) is 12.9. The van der Waals surface area contributed by atoms with Crippen molar-refractivity contribution >= 4 is 17.5 Å². The molecule has 0 spiro atoms. The van der Waals surface area contributed by atoms with Crippen LogP contribution in [-0.4, -0.2) is 67.7 Å². The number of carbonyl (C=O) groups is 2. The summed E-state index contributed by atoms with van der Waals surface area (Å²) in [4.78, 5) is 23.3. The summed E-state index contributed by atoms with van der Waals surface area (Å²) in [5, 5.41) is 29.4. The molecule has 2 aromatic rings.